The fourth-order valence-electron chi connectivity index (χ4n) is 1.23. The first-order valence-corrected chi connectivity index (χ1v) is 4.41. The van der Waals surface area contributed by atoms with E-state index in [1.807, 2.05) is 0 Å². The van der Waals surface area contributed by atoms with Crippen LogP contribution in [0, 0.1) is 0 Å². The summed E-state index contributed by atoms with van der Waals surface area (Å²) in [4.78, 5) is 17.9. The van der Waals surface area contributed by atoms with Crippen molar-refractivity contribution in [2.45, 2.75) is 6.18 Å². The highest BCUT2D eigenvalue weighted by atomic mass is 19.4. The molecule has 8 heteroatoms. The Morgan fingerprint density at radius 3 is 2.59 bits per heavy atom. The average Bonchev–Trinajstić information content (AvgIpc) is 2.74. The molecule has 0 saturated carbocycles. The van der Waals surface area contributed by atoms with Gasteiger partial charge in [0.1, 0.15) is 6.33 Å². The Morgan fingerprint density at radius 1 is 1.35 bits per heavy atom. The van der Waals surface area contributed by atoms with Gasteiger partial charge in [0, 0.05) is 18.5 Å². The van der Waals surface area contributed by atoms with Gasteiger partial charge in [-0.05, 0) is 0 Å². The summed E-state index contributed by atoms with van der Waals surface area (Å²) in [6.07, 6.45) is -1.07. The zero-order valence-corrected chi connectivity index (χ0v) is 8.22. The number of aldehydes is 1. The topological polar surface area (TPSA) is 60.7 Å². The van der Waals surface area contributed by atoms with E-state index in [0.29, 0.717) is 0 Å². The monoisotopic (exact) mass is 242 g/mol. The molecule has 5 nitrogen and oxygen atoms in total. The highest BCUT2D eigenvalue weighted by molar-refractivity contribution is 5.76. The van der Waals surface area contributed by atoms with Gasteiger partial charge in [-0.3, -0.25) is 4.79 Å². The second-order valence-corrected chi connectivity index (χ2v) is 3.06. The maximum atomic E-state index is 12.5. The van der Waals surface area contributed by atoms with Crippen LogP contribution in [-0.2, 0) is 6.18 Å². The van der Waals surface area contributed by atoms with Crippen LogP contribution in [0.25, 0.3) is 5.82 Å². The van der Waals surface area contributed by atoms with Crippen molar-refractivity contribution in [3.63, 3.8) is 0 Å². The Bertz CT molecular complexity index is 535. The highest BCUT2D eigenvalue weighted by Gasteiger charge is 2.37. The van der Waals surface area contributed by atoms with Crippen LogP contribution in [0.4, 0.5) is 13.2 Å². The summed E-state index contributed by atoms with van der Waals surface area (Å²) in [5, 5.41) is 3.29. The average molecular weight is 242 g/mol. The molecule has 0 spiro atoms. The number of carbonyl (C=O) groups is 1. The predicted molar refractivity (Wildman–Crippen MR) is 49.5 cm³/mol. The number of halogens is 3. The number of hydrogen-bond donors (Lipinski definition) is 0. The lowest BCUT2D eigenvalue weighted by molar-refractivity contribution is -0.141. The van der Waals surface area contributed by atoms with Crippen LogP contribution in [0.2, 0.25) is 0 Å². The lowest BCUT2D eigenvalue weighted by Gasteiger charge is -2.02. The number of alkyl halides is 3. The molecule has 0 radical (unpaired) electrons. The number of rotatable bonds is 2. The van der Waals surface area contributed by atoms with Gasteiger partial charge < -0.3 is 0 Å². The largest absolute Gasteiger partial charge is 0.435 e. The highest BCUT2D eigenvalue weighted by Crippen LogP contribution is 2.30. The Morgan fingerprint density at radius 2 is 2.12 bits per heavy atom. The van der Waals surface area contributed by atoms with Crippen LogP contribution in [0.3, 0.4) is 0 Å². The molecule has 2 aromatic rings. The number of aromatic nitrogens is 4. The Hall–Kier alpha value is -2.25. The summed E-state index contributed by atoms with van der Waals surface area (Å²) in [6, 6.07) is 1.38. The molecule has 2 aromatic heterocycles. The normalized spacial score (nSPS) is 11.5. The second-order valence-electron chi connectivity index (χ2n) is 3.06. The summed E-state index contributed by atoms with van der Waals surface area (Å²) in [7, 11) is 0. The van der Waals surface area contributed by atoms with Gasteiger partial charge in [0.25, 0.3) is 0 Å². The summed E-state index contributed by atoms with van der Waals surface area (Å²) < 4.78 is 38.4. The first kappa shape index (κ1) is 11.2. The van der Waals surface area contributed by atoms with Crippen LogP contribution in [0.5, 0.6) is 0 Å². The van der Waals surface area contributed by atoms with Crippen molar-refractivity contribution < 1.29 is 18.0 Å². The van der Waals surface area contributed by atoms with Crippen LogP contribution >= 0.6 is 0 Å². The van der Waals surface area contributed by atoms with Gasteiger partial charge in [-0.2, -0.15) is 18.3 Å². The van der Waals surface area contributed by atoms with Crippen molar-refractivity contribution in [3.05, 3.63) is 36.0 Å². The minimum Gasteiger partial charge on any atom is -0.298 e. The van der Waals surface area contributed by atoms with Gasteiger partial charge in [-0.1, -0.05) is 0 Å². The molecule has 0 fully saturated rings. The maximum absolute atomic E-state index is 12.5. The summed E-state index contributed by atoms with van der Waals surface area (Å²) in [5.41, 5.74) is -1.76. The molecule has 0 saturated heterocycles. The maximum Gasteiger partial charge on any atom is 0.435 e. The van der Waals surface area contributed by atoms with E-state index >= 15 is 0 Å². The van der Waals surface area contributed by atoms with Crippen LogP contribution < -0.4 is 0 Å². The minimum absolute atomic E-state index is 0.105. The lowest BCUT2D eigenvalue weighted by Crippen LogP contribution is -2.09. The van der Waals surface area contributed by atoms with E-state index in [1.54, 1.807) is 0 Å². The van der Waals surface area contributed by atoms with Crippen molar-refractivity contribution in [2.24, 2.45) is 0 Å². The first-order valence-electron chi connectivity index (χ1n) is 4.41. The van der Waals surface area contributed by atoms with E-state index in [2.05, 4.69) is 15.1 Å². The molecule has 0 unspecified atom stereocenters. The Labute approximate surface area is 92.9 Å². The zero-order valence-electron chi connectivity index (χ0n) is 8.22. The van der Waals surface area contributed by atoms with Crippen molar-refractivity contribution >= 4 is 6.29 Å². The molecule has 0 aromatic carbocycles. The Balaban J connectivity index is 2.53. The van der Waals surface area contributed by atoms with Crippen LogP contribution in [-0.4, -0.2) is 26.0 Å². The van der Waals surface area contributed by atoms with Crippen LogP contribution in [0.15, 0.2) is 24.8 Å². The number of nitrogens with zero attached hydrogens (tertiary/aromatic N) is 4. The number of hydrogen-bond acceptors (Lipinski definition) is 4. The molecule has 0 aliphatic carbocycles. The van der Waals surface area contributed by atoms with E-state index in [9.17, 15) is 18.0 Å². The van der Waals surface area contributed by atoms with E-state index in [0.717, 1.165) is 10.9 Å². The van der Waals surface area contributed by atoms with Crippen molar-refractivity contribution in [1.82, 2.24) is 19.7 Å². The summed E-state index contributed by atoms with van der Waals surface area (Å²) >= 11 is 0. The second kappa shape index (κ2) is 3.96. The molecule has 0 N–H and O–H groups in total. The van der Waals surface area contributed by atoms with Crippen LogP contribution in [0.1, 0.15) is 16.1 Å². The van der Waals surface area contributed by atoms with Gasteiger partial charge in [-0.15, -0.1) is 0 Å². The van der Waals surface area contributed by atoms with Gasteiger partial charge in [0.05, 0.1) is 5.56 Å². The molecule has 0 aliphatic rings. The van der Waals surface area contributed by atoms with Gasteiger partial charge >= 0.3 is 6.18 Å². The lowest BCUT2D eigenvalue weighted by atomic mass is 10.3. The summed E-state index contributed by atoms with van der Waals surface area (Å²) in [6.45, 7) is 0. The van der Waals surface area contributed by atoms with E-state index in [-0.39, 0.29) is 12.1 Å². The molecule has 0 aliphatic heterocycles. The van der Waals surface area contributed by atoms with Gasteiger partial charge in [-0.25, -0.2) is 14.6 Å². The van der Waals surface area contributed by atoms with Crippen molar-refractivity contribution in [3.8, 4) is 5.82 Å². The molecule has 0 bridgehead atoms. The fraction of sp³-hybridized carbons (Fsp3) is 0.111. The molecule has 17 heavy (non-hydrogen) atoms. The van der Waals surface area contributed by atoms with Crippen molar-refractivity contribution in [1.29, 1.82) is 0 Å². The third-order valence-corrected chi connectivity index (χ3v) is 1.94. The van der Waals surface area contributed by atoms with Gasteiger partial charge in [0.2, 0.25) is 0 Å². The molecule has 2 rings (SSSR count). The number of carbonyl (C=O) groups excluding carboxylic acids is 1. The quantitative estimate of drug-likeness (QED) is 0.748. The molecule has 2 heterocycles. The van der Waals surface area contributed by atoms with Crippen molar-refractivity contribution in [2.75, 3.05) is 0 Å². The third-order valence-electron chi connectivity index (χ3n) is 1.94. The molecule has 0 atom stereocenters. The van der Waals surface area contributed by atoms with E-state index in [4.69, 9.17) is 0 Å². The first-order chi connectivity index (χ1) is 8.02. The molecular formula is C9H5F3N4O. The molecule has 88 valence electrons. The summed E-state index contributed by atoms with van der Waals surface area (Å²) in [5.74, 6) is 0.151. The minimum atomic E-state index is -4.67. The van der Waals surface area contributed by atoms with E-state index < -0.39 is 17.4 Å². The molecular weight excluding hydrogens is 237 g/mol. The predicted octanol–water partition coefficient (Wildman–Crippen LogP) is 1.49. The zero-order chi connectivity index (χ0) is 12.5. The fourth-order valence-corrected chi connectivity index (χ4v) is 1.23. The van der Waals surface area contributed by atoms with E-state index in [1.165, 1.54) is 18.6 Å². The SMILES string of the molecule is O=Cc1cn(-c2ccncn2)nc1C(F)(F)F. The Kier molecular flexibility index (Phi) is 2.62. The smallest absolute Gasteiger partial charge is 0.298 e. The molecule has 0 amide bonds. The standard InChI is InChI=1S/C9H5F3N4O/c10-9(11,12)8-6(4-17)3-16(15-8)7-1-2-13-5-14-7/h1-5H. The van der Waals surface area contributed by atoms with Gasteiger partial charge in [0.15, 0.2) is 17.8 Å². The third kappa shape index (κ3) is 2.14.